The van der Waals surface area contributed by atoms with Crippen molar-refractivity contribution in [3.63, 3.8) is 0 Å². The van der Waals surface area contributed by atoms with Crippen LogP contribution in [0.1, 0.15) is 53.5 Å². The van der Waals surface area contributed by atoms with E-state index < -0.39 is 6.10 Å². The van der Waals surface area contributed by atoms with Gasteiger partial charge in [0.2, 0.25) is 0 Å². The normalized spacial score (nSPS) is 12.6. The topological polar surface area (TPSA) is 47.6 Å². The van der Waals surface area contributed by atoms with Crippen molar-refractivity contribution in [3.8, 4) is 11.5 Å². The van der Waals surface area contributed by atoms with Gasteiger partial charge in [-0.25, -0.2) is 0 Å². The number of hydrogen-bond acceptors (Lipinski definition) is 3. The van der Waals surface area contributed by atoms with E-state index in [-0.39, 0.29) is 17.4 Å². The van der Waals surface area contributed by atoms with Gasteiger partial charge in [-0.15, -0.1) is 0 Å². The maximum absolute atomic E-state index is 12.6. The molecule has 2 rings (SSSR count). The number of benzene rings is 2. The molecule has 0 aliphatic rings. The molecule has 0 saturated heterocycles. The molecule has 1 N–H and O–H groups in total. The molecule has 146 valence electrons. The molecule has 0 heterocycles. The van der Waals surface area contributed by atoms with E-state index in [0.29, 0.717) is 17.9 Å². The second-order valence-electron chi connectivity index (χ2n) is 7.97. The lowest BCUT2D eigenvalue weighted by Gasteiger charge is -2.21. The van der Waals surface area contributed by atoms with Gasteiger partial charge >= 0.3 is 0 Å². The maximum atomic E-state index is 12.6. The summed E-state index contributed by atoms with van der Waals surface area (Å²) >= 11 is 0. The van der Waals surface area contributed by atoms with Crippen molar-refractivity contribution in [1.29, 1.82) is 0 Å². The molecule has 1 atom stereocenters. The Bertz CT molecular complexity index is 745. The molecule has 0 spiro atoms. The fourth-order valence-corrected chi connectivity index (χ4v) is 2.66. The Morgan fingerprint density at radius 1 is 1.00 bits per heavy atom. The first-order valence-electron chi connectivity index (χ1n) is 9.54. The summed E-state index contributed by atoms with van der Waals surface area (Å²) in [7, 11) is 0. The third-order valence-electron chi connectivity index (χ3n) is 4.14. The lowest BCUT2D eigenvalue weighted by Crippen LogP contribution is -2.32. The van der Waals surface area contributed by atoms with Gasteiger partial charge in [-0.1, -0.05) is 45.9 Å². The predicted octanol–water partition coefficient (Wildman–Crippen LogP) is 5.57. The Balaban J connectivity index is 2.03. The zero-order chi connectivity index (χ0) is 20.0. The molecule has 2 aromatic rings. The number of hydrogen-bond donors (Lipinski definition) is 1. The van der Waals surface area contributed by atoms with Crippen molar-refractivity contribution in [2.45, 2.75) is 65.6 Å². The van der Waals surface area contributed by atoms with E-state index in [2.05, 4.69) is 26.1 Å². The van der Waals surface area contributed by atoms with Crippen molar-refractivity contribution in [2.24, 2.45) is 0 Å². The minimum atomic E-state index is -0.555. The van der Waals surface area contributed by atoms with Crippen LogP contribution in [-0.4, -0.2) is 18.1 Å². The molecule has 0 unspecified atom stereocenters. The minimum Gasteiger partial charge on any atom is -0.491 e. The van der Waals surface area contributed by atoms with Gasteiger partial charge in [0.05, 0.1) is 6.10 Å². The van der Waals surface area contributed by atoms with Gasteiger partial charge in [0, 0.05) is 11.8 Å². The van der Waals surface area contributed by atoms with E-state index in [4.69, 9.17) is 9.47 Å². The lowest BCUT2D eigenvalue weighted by atomic mass is 9.87. The number of ether oxygens (including phenoxy) is 2. The number of rotatable bonds is 7. The average molecular weight is 370 g/mol. The average Bonchev–Trinajstić information content (AvgIpc) is 2.59. The van der Waals surface area contributed by atoms with Crippen LogP contribution in [0.4, 0.5) is 5.69 Å². The minimum absolute atomic E-state index is 0.0822. The highest BCUT2D eigenvalue weighted by Gasteiger charge is 2.19. The van der Waals surface area contributed by atoms with Crippen molar-refractivity contribution in [1.82, 2.24) is 0 Å². The van der Waals surface area contributed by atoms with Gasteiger partial charge < -0.3 is 14.8 Å². The molecule has 4 heteroatoms. The second-order valence-corrected chi connectivity index (χ2v) is 7.97. The van der Waals surface area contributed by atoms with Crippen molar-refractivity contribution < 1.29 is 14.3 Å². The van der Waals surface area contributed by atoms with Crippen LogP contribution in [0.25, 0.3) is 0 Å². The highest BCUT2D eigenvalue weighted by atomic mass is 16.5. The van der Waals surface area contributed by atoms with Gasteiger partial charge in [0.15, 0.2) is 6.10 Å². The van der Waals surface area contributed by atoms with Gasteiger partial charge in [0.1, 0.15) is 11.5 Å². The Kier molecular flexibility index (Phi) is 6.89. The summed E-state index contributed by atoms with van der Waals surface area (Å²) in [5.74, 6) is 1.26. The molecule has 0 aliphatic carbocycles. The standard InChI is InChI=1S/C23H31NO3/c1-7-21(27-19-13-11-17(12-14-19)23(4,5)6)22(25)24-18-9-8-10-20(15-18)26-16(2)3/h8-16,21H,7H2,1-6H3,(H,24,25)/t21-/m1/s1. The van der Waals surface area contributed by atoms with Crippen LogP contribution in [-0.2, 0) is 10.2 Å². The summed E-state index contributed by atoms with van der Waals surface area (Å²) < 4.78 is 11.6. The summed E-state index contributed by atoms with van der Waals surface area (Å²) in [6.45, 7) is 12.4. The van der Waals surface area contributed by atoms with Gasteiger partial charge in [-0.05, 0) is 55.5 Å². The number of anilines is 1. The SMILES string of the molecule is CC[C@@H](Oc1ccc(C(C)(C)C)cc1)C(=O)Nc1cccc(OC(C)C)c1. The Morgan fingerprint density at radius 2 is 1.67 bits per heavy atom. The van der Waals surface area contributed by atoms with Crippen molar-refractivity contribution in [2.75, 3.05) is 5.32 Å². The number of nitrogens with one attached hydrogen (secondary N) is 1. The Hall–Kier alpha value is -2.49. The van der Waals surface area contributed by atoms with Crippen molar-refractivity contribution >= 4 is 11.6 Å². The van der Waals surface area contributed by atoms with E-state index in [1.165, 1.54) is 5.56 Å². The molecule has 4 nitrogen and oxygen atoms in total. The monoisotopic (exact) mass is 369 g/mol. The zero-order valence-corrected chi connectivity index (χ0v) is 17.2. The summed E-state index contributed by atoms with van der Waals surface area (Å²) in [6, 6.07) is 15.3. The molecular formula is C23H31NO3. The summed E-state index contributed by atoms with van der Waals surface area (Å²) in [5, 5.41) is 2.92. The molecule has 27 heavy (non-hydrogen) atoms. The number of carbonyl (C=O) groups is 1. The van der Waals surface area contributed by atoms with Crippen LogP contribution < -0.4 is 14.8 Å². The maximum Gasteiger partial charge on any atom is 0.265 e. The lowest BCUT2D eigenvalue weighted by molar-refractivity contribution is -0.122. The van der Waals surface area contributed by atoms with Crippen LogP contribution in [0.5, 0.6) is 11.5 Å². The molecule has 2 aromatic carbocycles. The summed E-state index contributed by atoms with van der Waals surface area (Å²) in [4.78, 5) is 12.6. The Labute approximate surface area is 162 Å². The van der Waals surface area contributed by atoms with Crippen LogP contribution in [0.15, 0.2) is 48.5 Å². The smallest absolute Gasteiger partial charge is 0.265 e. The van der Waals surface area contributed by atoms with E-state index in [1.54, 1.807) is 0 Å². The molecule has 0 bridgehead atoms. The van der Waals surface area contributed by atoms with E-state index in [1.807, 2.05) is 69.3 Å². The molecule has 1 amide bonds. The van der Waals surface area contributed by atoms with Gasteiger partial charge in [-0.3, -0.25) is 4.79 Å². The fourth-order valence-electron chi connectivity index (χ4n) is 2.66. The zero-order valence-electron chi connectivity index (χ0n) is 17.2. The van der Waals surface area contributed by atoms with Gasteiger partial charge in [0.25, 0.3) is 5.91 Å². The quantitative estimate of drug-likeness (QED) is 0.694. The second kappa shape index (κ2) is 8.94. The van der Waals surface area contributed by atoms with Crippen LogP contribution >= 0.6 is 0 Å². The fraction of sp³-hybridized carbons (Fsp3) is 0.435. The summed E-state index contributed by atoms with van der Waals surface area (Å²) in [6.07, 6.45) is 0.105. The number of carbonyl (C=O) groups excluding carboxylic acids is 1. The van der Waals surface area contributed by atoms with E-state index in [0.717, 1.165) is 5.75 Å². The largest absolute Gasteiger partial charge is 0.491 e. The Morgan fingerprint density at radius 3 is 2.22 bits per heavy atom. The van der Waals surface area contributed by atoms with Crippen molar-refractivity contribution in [3.05, 3.63) is 54.1 Å². The predicted molar refractivity (Wildman–Crippen MR) is 111 cm³/mol. The highest BCUT2D eigenvalue weighted by Crippen LogP contribution is 2.25. The molecule has 0 aromatic heterocycles. The number of amides is 1. The van der Waals surface area contributed by atoms with Crippen LogP contribution in [0.3, 0.4) is 0 Å². The first-order valence-corrected chi connectivity index (χ1v) is 9.54. The van der Waals surface area contributed by atoms with Crippen LogP contribution in [0, 0.1) is 0 Å². The molecule has 0 radical (unpaired) electrons. The molecule has 0 aliphatic heterocycles. The molecule has 0 saturated carbocycles. The first-order chi connectivity index (χ1) is 12.7. The van der Waals surface area contributed by atoms with E-state index in [9.17, 15) is 4.79 Å². The van der Waals surface area contributed by atoms with E-state index >= 15 is 0 Å². The highest BCUT2D eigenvalue weighted by molar-refractivity contribution is 5.94. The third-order valence-corrected chi connectivity index (χ3v) is 4.14. The summed E-state index contributed by atoms with van der Waals surface area (Å²) in [5.41, 5.74) is 2.01. The molecular weight excluding hydrogens is 338 g/mol. The van der Waals surface area contributed by atoms with Crippen LogP contribution in [0.2, 0.25) is 0 Å². The molecule has 0 fully saturated rings. The van der Waals surface area contributed by atoms with Gasteiger partial charge in [-0.2, -0.15) is 0 Å². The third kappa shape index (κ3) is 6.31. The first kappa shape index (κ1) is 20.8.